The average molecular weight is 322 g/mol. The van der Waals surface area contributed by atoms with Crippen molar-refractivity contribution < 1.29 is 13.2 Å². The molecule has 0 bridgehead atoms. The highest BCUT2D eigenvalue weighted by Crippen LogP contribution is 2.16. The van der Waals surface area contributed by atoms with E-state index in [-0.39, 0.29) is 12.5 Å². The number of carbonyl (C=O) groups is 1. The Morgan fingerprint density at radius 3 is 2.50 bits per heavy atom. The first-order chi connectivity index (χ1) is 10.2. The molecule has 1 aromatic heterocycles. The molecule has 0 saturated heterocycles. The van der Waals surface area contributed by atoms with Gasteiger partial charge in [-0.3, -0.25) is 14.2 Å². The summed E-state index contributed by atoms with van der Waals surface area (Å²) in [4.78, 5) is 12.0. The van der Waals surface area contributed by atoms with E-state index in [1.54, 1.807) is 28.9 Å². The molecule has 2 N–H and O–H groups in total. The summed E-state index contributed by atoms with van der Waals surface area (Å²) in [5.74, 6) is -0.234. The SMILES string of the molecule is Cc1cc(C)n(CC(=O)Nc2cccc(NS(C)(=O)=O)c2)n1. The van der Waals surface area contributed by atoms with Crippen LogP contribution in [0.1, 0.15) is 11.4 Å². The van der Waals surface area contributed by atoms with Gasteiger partial charge in [0, 0.05) is 11.4 Å². The summed E-state index contributed by atoms with van der Waals surface area (Å²) in [6.07, 6.45) is 1.07. The number of amides is 1. The minimum atomic E-state index is -3.35. The smallest absolute Gasteiger partial charge is 0.246 e. The normalized spacial score (nSPS) is 11.2. The molecule has 0 saturated carbocycles. The van der Waals surface area contributed by atoms with E-state index in [9.17, 15) is 13.2 Å². The number of aryl methyl sites for hydroxylation is 2. The van der Waals surface area contributed by atoms with Crippen LogP contribution in [-0.4, -0.2) is 30.4 Å². The van der Waals surface area contributed by atoms with Crippen molar-refractivity contribution in [2.45, 2.75) is 20.4 Å². The van der Waals surface area contributed by atoms with E-state index in [4.69, 9.17) is 0 Å². The molecule has 0 aliphatic heterocycles. The topological polar surface area (TPSA) is 93.1 Å². The van der Waals surface area contributed by atoms with Gasteiger partial charge < -0.3 is 5.32 Å². The number of anilines is 2. The standard InChI is InChI=1S/C14H18N4O3S/c1-10-7-11(2)18(16-10)9-14(19)15-12-5-4-6-13(8-12)17-22(3,20)21/h4-8,17H,9H2,1-3H3,(H,15,19). The molecule has 0 spiro atoms. The first-order valence-electron chi connectivity index (χ1n) is 6.62. The van der Waals surface area contributed by atoms with Gasteiger partial charge in [-0.05, 0) is 38.1 Å². The monoisotopic (exact) mass is 322 g/mol. The molecule has 7 nitrogen and oxygen atoms in total. The van der Waals surface area contributed by atoms with Crippen LogP contribution in [0.15, 0.2) is 30.3 Å². The van der Waals surface area contributed by atoms with Crippen LogP contribution in [-0.2, 0) is 21.4 Å². The van der Waals surface area contributed by atoms with Gasteiger partial charge in [0.2, 0.25) is 15.9 Å². The van der Waals surface area contributed by atoms with Crippen molar-refractivity contribution in [1.82, 2.24) is 9.78 Å². The Hall–Kier alpha value is -2.35. The van der Waals surface area contributed by atoms with Gasteiger partial charge in [0.1, 0.15) is 6.54 Å². The maximum absolute atomic E-state index is 12.0. The van der Waals surface area contributed by atoms with E-state index in [1.165, 1.54) is 0 Å². The van der Waals surface area contributed by atoms with Gasteiger partial charge in [-0.1, -0.05) is 6.07 Å². The van der Waals surface area contributed by atoms with Crippen molar-refractivity contribution in [1.29, 1.82) is 0 Å². The molecule has 8 heteroatoms. The molecule has 0 aliphatic rings. The number of hydrogen-bond donors (Lipinski definition) is 2. The minimum Gasteiger partial charge on any atom is -0.324 e. The Bertz CT molecular complexity index is 796. The highest BCUT2D eigenvalue weighted by molar-refractivity contribution is 7.92. The third-order valence-electron chi connectivity index (χ3n) is 2.85. The molecule has 22 heavy (non-hydrogen) atoms. The summed E-state index contributed by atoms with van der Waals surface area (Å²) >= 11 is 0. The summed E-state index contributed by atoms with van der Waals surface area (Å²) in [7, 11) is -3.35. The van der Waals surface area contributed by atoms with E-state index in [0.29, 0.717) is 11.4 Å². The highest BCUT2D eigenvalue weighted by atomic mass is 32.2. The van der Waals surface area contributed by atoms with Gasteiger partial charge in [-0.2, -0.15) is 5.10 Å². The molecule has 0 aliphatic carbocycles. The average Bonchev–Trinajstić information content (AvgIpc) is 2.65. The van der Waals surface area contributed by atoms with Crippen LogP contribution in [0.25, 0.3) is 0 Å². The predicted octanol–water partition coefficient (Wildman–Crippen LogP) is 1.51. The molecule has 0 unspecified atom stereocenters. The van der Waals surface area contributed by atoms with Crippen LogP contribution in [0.4, 0.5) is 11.4 Å². The second kappa shape index (κ2) is 6.18. The third-order valence-corrected chi connectivity index (χ3v) is 3.45. The Morgan fingerprint density at radius 2 is 1.91 bits per heavy atom. The molecule has 0 atom stereocenters. The van der Waals surface area contributed by atoms with Crippen LogP contribution in [0, 0.1) is 13.8 Å². The lowest BCUT2D eigenvalue weighted by Crippen LogP contribution is -2.20. The lowest BCUT2D eigenvalue weighted by Gasteiger charge is -2.09. The number of benzene rings is 1. The number of carbonyl (C=O) groups excluding carboxylic acids is 1. The third kappa shape index (κ3) is 4.59. The van der Waals surface area contributed by atoms with E-state index in [1.807, 2.05) is 19.9 Å². The second-order valence-corrected chi connectivity index (χ2v) is 6.84. The molecular formula is C14H18N4O3S. The molecule has 1 aromatic carbocycles. The zero-order valence-corrected chi connectivity index (χ0v) is 13.4. The lowest BCUT2D eigenvalue weighted by atomic mass is 10.3. The van der Waals surface area contributed by atoms with Gasteiger partial charge in [-0.15, -0.1) is 0 Å². The van der Waals surface area contributed by atoms with Crippen LogP contribution < -0.4 is 10.0 Å². The number of sulfonamides is 1. The van der Waals surface area contributed by atoms with Gasteiger partial charge in [0.25, 0.3) is 0 Å². The Balaban J connectivity index is 2.05. The summed E-state index contributed by atoms with van der Waals surface area (Å²) in [6.45, 7) is 3.84. The molecular weight excluding hydrogens is 304 g/mol. The summed E-state index contributed by atoms with van der Waals surface area (Å²) < 4.78 is 26.4. The summed E-state index contributed by atoms with van der Waals surface area (Å²) in [5, 5.41) is 6.94. The number of hydrogen-bond acceptors (Lipinski definition) is 4. The first kappa shape index (κ1) is 16.0. The fraction of sp³-hybridized carbons (Fsp3) is 0.286. The Morgan fingerprint density at radius 1 is 1.23 bits per heavy atom. The van der Waals surface area contributed by atoms with E-state index < -0.39 is 10.0 Å². The largest absolute Gasteiger partial charge is 0.324 e. The Labute approximate surface area is 129 Å². The molecule has 0 fully saturated rings. The highest BCUT2D eigenvalue weighted by Gasteiger charge is 2.08. The van der Waals surface area contributed by atoms with E-state index in [0.717, 1.165) is 17.6 Å². The van der Waals surface area contributed by atoms with Gasteiger partial charge >= 0.3 is 0 Å². The second-order valence-electron chi connectivity index (χ2n) is 5.09. The van der Waals surface area contributed by atoms with Crippen molar-refractivity contribution in [2.24, 2.45) is 0 Å². The van der Waals surface area contributed by atoms with Crippen molar-refractivity contribution in [2.75, 3.05) is 16.3 Å². The van der Waals surface area contributed by atoms with Gasteiger partial charge in [-0.25, -0.2) is 8.42 Å². The van der Waals surface area contributed by atoms with Crippen molar-refractivity contribution in [3.8, 4) is 0 Å². The molecule has 1 amide bonds. The quantitative estimate of drug-likeness (QED) is 0.872. The fourth-order valence-corrected chi connectivity index (χ4v) is 2.60. The van der Waals surface area contributed by atoms with E-state index >= 15 is 0 Å². The maximum Gasteiger partial charge on any atom is 0.246 e. The molecule has 2 aromatic rings. The molecule has 0 radical (unpaired) electrons. The van der Waals surface area contributed by atoms with Gasteiger partial charge in [0.15, 0.2) is 0 Å². The van der Waals surface area contributed by atoms with Crippen LogP contribution in [0.5, 0.6) is 0 Å². The molecule has 1 heterocycles. The number of nitrogens with one attached hydrogen (secondary N) is 2. The molecule has 2 rings (SSSR count). The lowest BCUT2D eigenvalue weighted by molar-refractivity contribution is -0.116. The van der Waals surface area contributed by atoms with Crippen molar-refractivity contribution >= 4 is 27.3 Å². The van der Waals surface area contributed by atoms with Crippen molar-refractivity contribution in [3.63, 3.8) is 0 Å². The molecule has 118 valence electrons. The van der Waals surface area contributed by atoms with E-state index in [2.05, 4.69) is 15.1 Å². The van der Waals surface area contributed by atoms with Crippen LogP contribution >= 0.6 is 0 Å². The number of nitrogens with zero attached hydrogens (tertiary/aromatic N) is 2. The fourth-order valence-electron chi connectivity index (χ4n) is 2.05. The number of rotatable bonds is 5. The Kier molecular flexibility index (Phi) is 4.51. The van der Waals surface area contributed by atoms with Gasteiger partial charge in [0.05, 0.1) is 17.6 Å². The zero-order chi connectivity index (χ0) is 16.3. The predicted molar refractivity (Wildman–Crippen MR) is 85.2 cm³/mol. The summed E-state index contributed by atoms with van der Waals surface area (Å²) in [5.41, 5.74) is 2.66. The number of aromatic nitrogens is 2. The van der Waals surface area contributed by atoms with Crippen LogP contribution in [0.2, 0.25) is 0 Å². The minimum absolute atomic E-state index is 0.101. The maximum atomic E-state index is 12.0. The zero-order valence-electron chi connectivity index (χ0n) is 12.6. The first-order valence-corrected chi connectivity index (χ1v) is 8.51. The van der Waals surface area contributed by atoms with Crippen molar-refractivity contribution in [3.05, 3.63) is 41.7 Å². The summed E-state index contributed by atoms with van der Waals surface area (Å²) in [6, 6.07) is 8.40. The van der Waals surface area contributed by atoms with Crippen LogP contribution in [0.3, 0.4) is 0 Å².